The highest BCUT2D eigenvalue weighted by atomic mass is 19.4. The summed E-state index contributed by atoms with van der Waals surface area (Å²) in [6, 6.07) is 15.1. The second-order valence-corrected chi connectivity index (χ2v) is 10.6. The van der Waals surface area contributed by atoms with Gasteiger partial charge in [0.2, 0.25) is 0 Å². The Morgan fingerprint density at radius 1 is 1.02 bits per heavy atom. The van der Waals surface area contributed by atoms with Gasteiger partial charge in [0, 0.05) is 23.3 Å². The Balaban J connectivity index is 1.47. The van der Waals surface area contributed by atoms with Gasteiger partial charge in [0.05, 0.1) is 39.5 Å². The van der Waals surface area contributed by atoms with Gasteiger partial charge in [0.25, 0.3) is 5.56 Å². The summed E-state index contributed by atoms with van der Waals surface area (Å²) in [6.07, 6.45) is -1.39. The van der Waals surface area contributed by atoms with Gasteiger partial charge in [-0.2, -0.15) is 13.2 Å². The highest BCUT2D eigenvalue weighted by Crippen LogP contribution is 2.39. The fraction of sp³-hybridized carbons (Fsp3) is 0.300. The van der Waals surface area contributed by atoms with Crippen LogP contribution in [0.4, 0.5) is 24.5 Å². The molecule has 0 unspecified atom stereocenters. The number of benzene rings is 2. The van der Waals surface area contributed by atoms with Crippen LogP contribution in [0.5, 0.6) is 0 Å². The van der Waals surface area contributed by atoms with Crippen LogP contribution in [0.2, 0.25) is 0 Å². The lowest BCUT2D eigenvalue weighted by atomic mass is 10.0. The molecule has 3 aromatic heterocycles. The molecule has 4 N–H and O–H groups in total. The van der Waals surface area contributed by atoms with E-state index in [0.717, 1.165) is 43.1 Å². The largest absolute Gasteiger partial charge is 0.418 e. The molecule has 0 amide bonds. The summed E-state index contributed by atoms with van der Waals surface area (Å²) in [7, 11) is 2.00. The predicted molar refractivity (Wildman–Crippen MR) is 155 cm³/mol. The summed E-state index contributed by atoms with van der Waals surface area (Å²) in [6.45, 7) is 3.55. The van der Waals surface area contributed by atoms with E-state index in [-0.39, 0.29) is 34.7 Å². The van der Waals surface area contributed by atoms with Crippen molar-refractivity contribution in [3.63, 3.8) is 0 Å². The van der Waals surface area contributed by atoms with Gasteiger partial charge in [0.15, 0.2) is 0 Å². The minimum atomic E-state index is -4.58. The molecule has 1 atom stereocenters. The molecule has 0 saturated carbocycles. The van der Waals surface area contributed by atoms with E-state index in [1.165, 1.54) is 6.07 Å². The molecule has 212 valence electrons. The van der Waals surface area contributed by atoms with Crippen LogP contribution in [0.15, 0.2) is 65.6 Å². The van der Waals surface area contributed by atoms with Crippen molar-refractivity contribution in [1.29, 1.82) is 0 Å². The van der Waals surface area contributed by atoms with E-state index in [4.69, 9.17) is 0 Å². The molecule has 6 rings (SSSR count). The zero-order valence-corrected chi connectivity index (χ0v) is 22.6. The number of hydrogen-bond donors (Lipinski definition) is 4. The van der Waals surface area contributed by atoms with Crippen LogP contribution in [-0.4, -0.2) is 51.0 Å². The highest BCUT2D eigenvalue weighted by molar-refractivity contribution is 5.99. The number of para-hydroxylation sites is 1. The number of nitrogens with zero attached hydrogens (tertiary/aromatic N) is 3. The monoisotopic (exact) mass is 561 g/mol. The van der Waals surface area contributed by atoms with Gasteiger partial charge in [-0.3, -0.25) is 9.78 Å². The molecule has 1 aliphatic heterocycles. The maximum absolute atomic E-state index is 14.2. The number of H-pyrrole nitrogens is 2. The molecule has 0 radical (unpaired) electrons. The lowest BCUT2D eigenvalue weighted by molar-refractivity contribution is -0.136. The highest BCUT2D eigenvalue weighted by Gasteiger charge is 2.35. The molecular formula is C30H30F3N7O. The molecule has 1 fully saturated rings. The van der Waals surface area contributed by atoms with Gasteiger partial charge in [-0.1, -0.05) is 24.3 Å². The van der Waals surface area contributed by atoms with Gasteiger partial charge >= 0.3 is 6.18 Å². The van der Waals surface area contributed by atoms with E-state index < -0.39 is 17.3 Å². The molecule has 41 heavy (non-hydrogen) atoms. The average Bonchev–Trinajstić information content (AvgIpc) is 3.36. The Kier molecular flexibility index (Phi) is 6.90. The number of anilines is 2. The zero-order valence-electron chi connectivity index (χ0n) is 22.6. The van der Waals surface area contributed by atoms with E-state index in [2.05, 4.69) is 35.5 Å². The molecule has 1 aliphatic rings. The van der Waals surface area contributed by atoms with Gasteiger partial charge in [-0.25, -0.2) is 4.98 Å². The molecule has 4 heterocycles. The Morgan fingerprint density at radius 3 is 2.51 bits per heavy atom. The molecule has 0 bridgehead atoms. The van der Waals surface area contributed by atoms with E-state index in [9.17, 15) is 18.0 Å². The van der Waals surface area contributed by atoms with E-state index in [1.54, 1.807) is 12.3 Å². The summed E-state index contributed by atoms with van der Waals surface area (Å²) < 4.78 is 42.5. The Hall–Kier alpha value is -4.38. The number of likely N-dealkylation sites (tertiary alicyclic amines) is 1. The number of piperidine rings is 1. The normalized spacial score (nSPS) is 15.8. The molecule has 0 aliphatic carbocycles. The van der Waals surface area contributed by atoms with Crippen molar-refractivity contribution in [2.75, 3.05) is 30.8 Å². The topological polar surface area (TPSA) is 102 Å². The van der Waals surface area contributed by atoms with Gasteiger partial charge in [-0.15, -0.1) is 0 Å². The summed E-state index contributed by atoms with van der Waals surface area (Å²) in [5.41, 5.74) is 1.45. The van der Waals surface area contributed by atoms with Crippen molar-refractivity contribution in [2.24, 2.45) is 0 Å². The zero-order chi connectivity index (χ0) is 28.7. The Morgan fingerprint density at radius 2 is 1.78 bits per heavy atom. The number of pyridine rings is 2. The first-order chi connectivity index (χ1) is 19.7. The van der Waals surface area contributed by atoms with E-state index >= 15 is 0 Å². The van der Waals surface area contributed by atoms with Crippen molar-refractivity contribution in [1.82, 2.24) is 24.8 Å². The SMILES string of the molecule is C[C@H](Nc1c(-c2nc3cc(C(F)(F)F)c(NC4CCN(C)CC4)cc3[nH]2)c(=O)[nH]c2ccccc12)c1ccccn1. The van der Waals surface area contributed by atoms with Crippen molar-refractivity contribution in [2.45, 2.75) is 38.0 Å². The minimum Gasteiger partial charge on any atom is -0.382 e. The first-order valence-corrected chi connectivity index (χ1v) is 13.6. The second-order valence-electron chi connectivity index (χ2n) is 10.6. The van der Waals surface area contributed by atoms with Crippen LogP contribution in [0.3, 0.4) is 0 Å². The lowest BCUT2D eigenvalue weighted by Crippen LogP contribution is -2.37. The van der Waals surface area contributed by atoms with Crippen molar-refractivity contribution in [3.8, 4) is 11.4 Å². The third kappa shape index (κ3) is 5.37. The number of aromatic amines is 2. The number of fused-ring (bicyclic) bond motifs is 2. The fourth-order valence-electron chi connectivity index (χ4n) is 5.44. The van der Waals surface area contributed by atoms with Crippen LogP contribution in [0, 0.1) is 0 Å². The maximum Gasteiger partial charge on any atom is 0.418 e. The number of hydrogen-bond acceptors (Lipinski definition) is 6. The van der Waals surface area contributed by atoms with Crippen LogP contribution in [0.1, 0.15) is 37.1 Å². The molecule has 5 aromatic rings. The van der Waals surface area contributed by atoms with Crippen LogP contribution < -0.4 is 16.2 Å². The molecule has 8 nitrogen and oxygen atoms in total. The third-order valence-corrected chi connectivity index (χ3v) is 7.66. The van der Waals surface area contributed by atoms with Gasteiger partial charge in [-0.05, 0) is 70.2 Å². The third-order valence-electron chi connectivity index (χ3n) is 7.66. The predicted octanol–water partition coefficient (Wildman–Crippen LogP) is 6.16. The Bertz CT molecular complexity index is 1760. The molecule has 11 heteroatoms. The average molecular weight is 562 g/mol. The smallest absolute Gasteiger partial charge is 0.382 e. The first-order valence-electron chi connectivity index (χ1n) is 13.6. The molecule has 1 saturated heterocycles. The lowest BCUT2D eigenvalue weighted by Gasteiger charge is -2.31. The van der Waals surface area contributed by atoms with E-state index in [0.29, 0.717) is 16.7 Å². The molecule has 0 spiro atoms. The fourth-order valence-corrected chi connectivity index (χ4v) is 5.44. The summed E-state index contributed by atoms with van der Waals surface area (Å²) in [5, 5.41) is 7.29. The quantitative estimate of drug-likeness (QED) is 0.198. The maximum atomic E-state index is 14.2. The number of imidazole rings is 1. The van der Waals surface area contributed by atoms with Crippen molar-refractivity contribution >= 4 is 33.3 Å². The summed E-state index contributed by atoms with van der Waals surface area (Å²) >= 11 is 0. The number of alkyl halides is 3. The first kappa shape index (κ1) is 26.8. The van der Waals surface area contributed by atoms with Crippen LogP contribution >= 0.6 is 0 Å². The standard InChI is InChI=1S/C30H30F3N7O/c1-17(21-8-5-6-12-34-21)35-27-19-7-3-4-9-22(19)39-29(41)26(27)28-37-24-15-20(30(31,32)33)23(16-25(24)38-28)36-18-10-13-40(2)14-11-18/h3-9,12,15-18,36H,10-11,13-14H2,1-2H3,(H,37,38)(H2,35,39,41)/t17-/m0/s1. The van der Waals surface area contributed by atoms with Crippen molar-refractivity contribution < 1.29 is 13.2 Å². The van der Waals surface area contributed by atoms with Gasteiger partial charge in [0.1, 0.15) is 11.4 Å². The molecule has 2 aromatic carbocycles. The summed E-state index contributed by atoms with van der Waals surface area (Å²) in [5.74, 6) is 0.173. The second kappa shape index (κ2) is 10.5. The number of halogens is 3. The number of nitrogens with one attached hydrogen (secondary N) is 4. The molecular weight excluding hydrogens is 531 g/mol. The van der Waals surface area contributed by atoms with Crippen LogP contribution in [0.25, 0.3) is 33.3 Å². The summed E-state index contributed by atoms with van der Waals surface area (Å²) in [4.78, 5) is 30.6. The Labute approximate surface area is 234 Å². The van der Waals surface area contributed by atoms with Crippen LogP contribution in [-0.2, 0) is 6.18 Å². The van der Waals surface area contributed by atoms with E-state index in [1.807, 2.05) is 50.4 Å². The number of rotatable bonds is 6. The van der Waals surface area contributed by atoms with Crippen molar-refractivity contribution in [3.05, 3.63) is 82.4 Å². The number of aromatic nitrogens is 4. The van der Waals surface area contributed by atoms with Gasteiger partial charge < -0.3 is 25.5 Å². The minimum absolute atomic E-state index is 0.00398.